The van der Waals surface area contributed by atoms with E-state index in [1.807, 2.05) is 6.08 Å². The maximum Gasteiger partial charge on any atom is 0.0582 e. The van der Waals surface area contributed by atoms with Crippen LogP contribution in [0.2, 0.25) is 0 Å². The Bertz CT molecular complexity index is 2500. The zero-order valence-corrected chi connectivity index (χ0v) is 27.9. The number of fused-ring (bicyclic) bond motifs is 8. The van der Waals surface area contributed by atoms with Gasteiger partial charge in [-0.15, -0.1) is 0 Å². The Morgan fingerprint density at radius 3 is 1.77 bits per heavy atom. The summed E-state index contributed by atoms with van der Waals surface area (Å²) in [6.45, 7) is 16.1. The molecule has 2 heteroatoms. The minimum atomic E-state index is 0.305. The van der Waals surface area contributed by atoms with Gasteiger partial charge in [-0.3, -0.25) is 0 Å². The van der Waals surface area contributed by atoms with Gasteiger partial charge in [0.2, 0.25) is 0 Å². The lowest BCUT2D eigenvalue weighted by molar-refractivity contribution is 0.584. The van der Waals surface area contributed by atoms with E-state index >= 15 is 0 Å². The summed E-state index contributed by atoms with van der Waals surface area (Å²) in [5.41, 5.74) is 16.6. The SMILES string of the molecule is C=C/C=C(\C=C/C)n1c2ccccc2c2cc3c4c(c21)C(C)C(C)c1c-4c(cc2c4ccccc4n(-c4ccccc4)c12)C(C)C3C. The van der Waals surface area contributed by atoms with Crippen molar-refractivity contribution in [2.75, 3.05) is 0 Å². The molecule has 0 radical (unpaired) electrons. The molecular weight excluding hydrogens is 569 g/mol. The van der Waals surface area contributed by atoms with Gasteiger partial charge in [0.05, 0.1) is 22.1 Å². The second kappa shape index (κ2) is 10.2. The number of hydrogen-bond acceptors (Lipinski definition) is 0. The highest BCUT2D eigenvalue weighted by atomic mass is 15.0. The molecule has 0 fully saturated rings. The Morgan fingerprint density at radius 1 is 0.617 bits per heavy atom. The normalized spacial score (nSPS) is 20.6. The van der Waals surface area contributed by atoms with Gasteiger partial charge in [0, 0.05) is 32.9 Å². The summed E-state index contributed by atoms with van der Waals surface area (Å²) in [6, 6.07) is 34.0. The van der Waals surface area contributed by atoms with Crippen molar-refractivity contribution in [1.29, 1.82) is 0 Å². The predicted molar refractivity (Wildman–Crippen MR) is 202 cm³/mol. The molecule has 9 rings (SSSR count). The zero-order chi connectivity index (χ0) is 32.1. The minimum absolute atomic E-state index is 0.305. The first-order valence-electron chi connectivity index (χ1n) is 17.2. The first kappa shape index (κ1) is 28.2. The molecular formula is C45H40N2. The van der Waals surface area contributed by atoms with Gasteiger partial charge in [-0.25, -0.2) is 0 Å². The van der Waals surface area contributed by atoms with Crippen LogP contribution in [0.25, 0.3) is 66.1 Å². The Balaban J connectivity index is 1.52. The van der Waals surface area contributed by atoms with Crippen LogP contribution in [-0.2, 0) is 0 Å². The lowest BCUT2D eigenvalue weighted by atomic mass is 9.62. The maximum absolute atomic E-state index is 4.10. The van der Waals surface area contributed by atoms with E-state index in [1.54, 1.807) is 0 Å². The molecule has 5 aromatic carbocycles. The van der Waals surface area contributed by atoms with E-state index in [-0.39, 0.29) is 0 Å². The number of rotatable bonds is 4. The molecule has 0 bridgehead atoms. The molecule has 0 amide bonds. The van der Waals surface area contributed by atoms with Crippen LogP contribution in [-0.4, -0.2) is 9.13 Å². The quantitative estimate of drug-likeness (QED) is 0.176. The van der Waals surface area contributed by atoms with Crippen molar-refractivity contribution in [3.05, 3.63) is 144 Å². The molecule has 47 heavy (non-hydrogen) atoms. The Hall–Kier alpha value is -5.08. The van der Waals surface area contributed by atoms with E-state index in [0.717, 1.165) is 5.70 Å². The topological polar surface area (TPSA) is 9.86 Å². The largest absolute Gasteiger partial charge is 0.309 e. The first-order chi connectivity index (χ1) is 23.0. The molecule has 2 aromatic heterocycles. The minimum Gasteiger partial charge on any atom is -0.309 e. The monoisotopic (exact) mass is 608 g/mol. The molecule has 4 atom stereocenters. The van der Waals surface area contributed by atoms with Gasteiger partial charge in [0.25, 0.3) is 0 Å². The van der Waals surface area contributed by atoms with Crippen molar-refractivity contribution in [3.63, 3.8) is 0 Å². The van der Waals surface area contributed by atoms with Gasteiger partial charge in [-0.05, 0) is 113 Å². The average Bonchev–Trinajstić information content (AvgIpc) is 3.61. The Kier molecular flexibility index (Phi) is 6.12. The van der Waals surface area contributed by atoms with Crippen LogP contribution in [0.5, 0.6) is 0 Å². The number of aromatic nitrogens is 2. The fourth-order valence-corrected chi connectivity index (χ4v) is 9.17. The van der Waals surface area contributed by atoms with Crippen molar-refractivity contribution in [2.45, 2.75) is 58.3 Å². The molecule has 2 nitrogen and oxygen atoms in total. The van der Waals surface area contributed by atoms with Crippen LogP contribution in [0, 0.1) is 0 Å². The van der Waals surface area contributed by atoms with E-state index in [4.69, 9.17) is 0 Å². The van der Waals surface area contributed by atoms with Gasteiger partial charge in [-0.2, -0.15) is 0 Å². The number of hydrogen-bond donors (Lipinski definition) is 0. The third-order valence-corrected chi connectivity index (χ3v) is 11.6. The van der Waals surface area contributed by atoms with Crippen LogP contribution in [0.1, 0.15) is 80.5 Å². The van der Waals surface area contributed by atoms with Crippen LogP contribution in [0.4, 0.5) is 0 Å². The van der Waals surface area contributed by atoms with Crippen molar-refractivity contribution in [1.82, 2.24) is 9.13 Å². The van der Waals surface area contributed by atoms with Crippen molar-refractivity contribution in [3.8, 4) is 16.8 Å². The molecule has 230 valence electrons. The number of nitrogens with zero attached hydrogens (tertiary/aromatic N) is 2. The summed E-state index contributed by atoms with van der Waals surface area (Å²) >= 11 is 0. The zero-order valence-electron chi connectivity index (χ0n) is 27.9. The highest BCUT2D eigenvalue weighted by Gasteiger charge is 2.42. The first-order valence-corrected chi connectivity index (χ1v) is 17.2. The van der Waals surface area contributed by atoms with Crippen molar-refractivity contribution in [2.24, 2.45) is 0 Å². The highest BCUT2D eigenvalue weighted by molar-refractivity contribution is 6.17. The number of allylic oxidation sites excluding steroid dienone is 5. The fraction of sp³-hybridized carbons (Fsp3) is 0.200. The molecule has 4 unspecified atom stereocenters. The number of benzene rings is 5. The second-order valence-electron chi connectivity index (χ2n) is 13.8. The van der Waals surface area contributed by atoms with Crippen molar-refractivity contribution < 1.29 is 0 Å². The van der Waals surface area contributed by atoms with E-state index in [1.165, 1.54) is 82.7 Å². The molecule has 7 aromatic rings. The van der Waals surface area contributed by atoms with Crippen molar-refractivity contribution >= 4 is 49.3 Å². The standard InChI is InChI=1S/C45H40N2/c1-7-16-30(17-8-2)46-38-22-14-12-20-32(38)36-24-34-26(3)27(4)35-25-37-33-21-13-15-23-39(33)47(31-18-10-9-11-19-31)45(37)41-29(6)28(5)40(44(36)46)42(34)43(35)41/h7-29H,1H2,2-6H3/b17-8-,30-16+. The van der Waals surface area contributed by atoms with Gasteiger partial charge >= 0.3 is 0 Å². The smallest absolute Gasteiger partial charge is 0.0582 e. The lowest BCUT2D eigenvalue weighted by Crippen LogP contribution is -2.24. The Labute approximate surface area is 277 Å². The predicted octanol–water partition coefficient (Wildman–Crippen LogP) is 12.6. The average molecular weight is 609 g/mol. The molecule has 0 spiro atoms. The molecule has 2 aliphatic carbocycles. The van der Waals surface area contributed by atoms with Crippen LogP contribution >= 0.6 is 0 Å². The van der Waals surface area contributed by atoms with E-state index in [9.17, 15) is 0 Å². The van der Waals surface area contributed by atoms with Crippen LogP contribution in [0.3, 0.4) is 0 Å². The van der Waals surface area contributed by atoms with Gasteiger partial charge in [0.1, 0.15) is 0 Å². The number of para-hydroxylation sites is 3. The summed E-state index contributed by atoms with van der Waals surface area (Å²) in [5.74, 6) is 1.42. The lowest BCUT2D eigenvalue weighted by Gasteiger charge is -2.42. The summed E-state index contributed by atoms with van der Waals surface area (Å²) in [6.07, 6.45) is 8.44. The summed E-state index contributed by atoms with van der Waals surface area (Å²) < 4.78 is 5.06. The van der Waals surface area contributed by atoms with E-state index in [2.05, 4.69) is 160 Å². The Morgan fingerprint density at radius 2 is 1.15 bits per heavy atom. The maximum atomic E-state index is 4.10. The van der Waals surface area contributed by atoms with Gasteiger partial charge in [0.15, 0.2) is 0 Å². The van der Waals surface area contributed by atoms with Gasteiger partial charge < -0.3 is 9.13 Å². The molecule has 0 saturated heterocycles. The third-order valence-electron chi connectivity index (χ3n) is 11.6. The highest BCUT2D eigenvalue weighted by Crippen LogP contribution is 2.61. The third kappa shape index (κ3) is 3.62. The molecule has 2 aliphatic rings. The van der Waals surface area contributed by atoms with E-state index < -0.39 is 0 Å². The van der Waals surface area contributed by atoms with Crippen LogP contribution in [0.15, 0.2) is 122 Å². The molecule has 2 heterocycles. The van der Waals surface area contributed by atoms with Crippen LogP contribution < -0.4 is 0 Å². The second-order valence-corrected chi connectivity index (χ2v) is 13.8. The molecule has 0 saturated carbocycles. The molecule has 0 N–H and O–H groups in total. The fourth-order valence-electron chi connectivity index (χ4n) is 9.17. The van der Waals surface area contributed by atoms with Gasteiger partial charge in [-0.1, -0.05) is 101 Å². The summed E-state index contributed by atoms with van der Waals surface area (Å²) in [7, 11) is 0. The summed E-state index contributed by atoms with van der Waals surface area (Å²) in [5, 5.41) is 5.39. The summed E-state index contributed by atoms with van der Waals surface area (Å²) in [4.78, 5) is 0. The van der Waals surface area contributed by atoms with E-state index in [0.29, 0.717) is 23.7 Å². The molecule has 0 aliphatic heterocycles.